The summed E-state index contributed by atoms with van der Waals surface area (Å²) in [5.41, 5.74) is 1.71. The highest BCUT2D eigenvalue weighted by Crippen LogP contribution is 2.26. The van der Waals surface area contributed by atoms with Crippen LogP contribution in [0.1, 0.15) is 11.5 Å². The number of aromatic nitrogens is 4. The van der Waals surface area contributed by atoms with E-state index in [2.05, 4.69) is 15.1 Å². The number of thioether (sulfide) groups is 1. The summed E-state index contributed by atoms with van der Waals surface area (Å²) >= 11 is 1.22. The van der Waals surface area contributed by atoms with Gasteiger partial charge in [-0.2, -0.15) is 4.98 Å². The van der Waals surface area contributed by atoms with E-state index in [0.717, 1.165) is 0 Å². The molecule has 0 radical (unpaired) electrons. The van der Waals surface area contributed by atoms with Crippen LogP contribution in [0.25, 0.3) is 28.0 Å². The molecule has 5 rings (SSSR count). The van der Waals surface area contributed by atoms with E-state index >= 15 is 0 Å². The molecular weight excluding hydrogens is 446 g/mol. The van der Waals surface area contributed by atoms with Crippen LogP contribution in [0, 0.1) is 18.6 Å². The molecule has 3 aromatic carbocycles. The van der Waals surface area contributed by atoms with E-state index in [1.165, 1.54) is 34.5 Å². The van der Waals surface area contributed by atoms with Gasteiger partial charge in [0.2, 0.25) is 11.7 Å². The molecule has 0 bridgehead atoms. The van der Waals surface area contributed by atoms with Gasteiger partial charge in [-0.3, -0.25) is 9.36 Å². The Labute approximate surface area is 190 Å². The highest BCUT2D eigenvalue weighted by molar-refractivity contribution is 7.98. The SMILES string of the molecule is Cc1ccc(-n2c(SCc3nc(-c4ccc(F)cc4)no3)nc3ccccc3c2=O)cc1F. The van der Waals surface area contributed by atoms with E-state index in [4.69, 9.17) is 4.52 Å². The first-order chi connectivity index (χ1) is 16.0. The second-order valence-corrected chi connectivity index (χ2v) is 8.24. The Kier molecular flexibility index (Phi) is 5.47. The first kappa shape index (κ1) is 21.0. The lowest BCUT2D eigenvalue weighted by Gasteiger charge is -2.13. The number of para-hydroxylation sites is 1. The molecule has 2 aromatic heterocycles. The maximum Gasteiger partial charge on any atom is 0.266 e. The fraction of sp³-hybridized carbons (Fsp3) is 0.0833. The smallest absolute Gasteiger partial charge is 0.266 e. The quantitative estimate of drug-likeness (QED) is 0.260. The van der Waals surface area contributed by atoms with Crippen LogP contribution in [-0.4, -0.2) is 19.7 Å². The maximum absolute atomic E-state index is 14.3. The fourth-order valence-corrected chi connectivity index (χ4v) is 4.16. The number of aryl methyl sites for hydroxylation is 1. The van der Waals surface area contributed by atoms with Crippen molar-refractivity contribution in [1.82, 2.24) is 19.7 Å². The number of hydrogen-bond acceptors (Lipinski definition) is 6. The lowest BCUT2D eigenvalue weighted by molar-refractivity contribution is 0.391. The zero-order valence-electron chi connectivity index (χ0n) is 17.3. The van der Waals surface area contributed by atoms with Gasteiger partial charge in [0.05, 0.1) is 22.3 Å². The molecule has 0 saturated heterocycles. The first-order valence-electron chi connectivity index (χ1n) is 9.99. The van der Waals surface area contributed by atoms with Gasteiger partial charge in [0.25, 0.3) is 5.56 Å². The Morgan fingerprint density at radius 1 is 1.00 bits per heavy atom. The largest absolute Gasteiger partial charge is 0.338 e. The highest BCUT2D eigenvalue weighted by atomic mass is 32.2. The normalized spacial score (nSPS) is 11.2. The van der Waals surface area contributed by atoms with Crippen LogP contribution < -0.4 is 5.56 Å². The van der Waals surface area contributed by atoms with Crippen molar-refractivity contribution in [2.45, 2.75) is 17.8 Å². The Morgan fingerprint density at radius 3 is 2.58 bits per heavy atom. The fourth-order valence-electron chi connectivity index (χ4n) is 3.31. The second-order valence-electron chi connectivity index (χ2n) is 7.29. The average Bonchev–Trinajstić information content (AvgIpc) is 3.29. The lowest BCUT2D eigenvalue weighted by atomic mass is 10.2. The molecule has 0 fully saturated rings. The summed E-state index contributed by atoms with van der Waals surface area (Å²) in [4.78, 5) is 22.2. The minimum absolute atomic E-state index is 0.229. The zero-order chi connectivity index (χ0) is 22.9. The van der Waals surface area contributed by atoms with Crippen molar-refractivity contribution < 1.29 is 13.3 Å². The van der Waals surface area contributed by atoms with Crippen LogP contribution in [-0.2, 0) is 5.75 Å². The van der Waals surface area contributed by atoms with Crippen molar-refractivity contribution >= 4 is 22.7 Å². The van der Waals surface area contributed by atoms with E-state index < -0.39 is 5.82 Å². The molecular formula is C24H16F2N4O2S. The number of halogens is 2. The third-order valence-electron chi connectivity index (χ3n) is 5.05. The number of rotatable bonds is 5. The van der Waals surface area contributed by atoms with Crippen molar-refractivity contribution in [1.29, 1.82) is 0 Å². The molecule has 0 spiro atoms. The Morgan fingerprint density at radius 2 is 1.79 bits per heavy atom. The molecule has 164 valence electrons. The summed E-state index contributed by atoms with van der Waals surface area (Å²) in [5, 5.41) is 4.73. The van der Waals surface area contributed by atoms with Crippen LogP contribution >= 0.6 is 11.8 Å². The predicted octanol–water partition coefficient (Wildman–Crippen LogP) is 5.31. The summed E-state index contributed by atoms with van der Waals surface area (Å²) in [5.74, 6) is 0.0987. The van der Waals surface area contributed by atoms with Crippen molar-refractivity contribution in [2.24, 2.45) is 0 Å². The van der Waals surface area contributed by atoms with Crippen LogP contribution in [0.2, 0.25) is 0 Å². The van der Waals surface area contributed by atoms with Gasteiger partial charge in [-0.25, -0.2) is 13.8 Å². The molecule has 2 heterocycles. The van der Waals surface area contributed by atoms with Crippen LogP contribution in [0.4, 0.5) is 8.78 Å². The van der Waals surface area contributed by atoms with E-state index in [-0.39, 0.29) is 17.1 Å². The summed E-state index contributed by atoms with van der Waals surface area (Å²) < 4.78 is 34.1. The number of benzene rings is 3. The molecule has 0 aliphatic heterocycles. The summed E-state index contributed by atoms with van der Waals surface area (Å²) in [6, 6.07) is 17.4. The number of nitrogens with zero attached hydrogens (tertiary/aromatic N) is 4. The van der Waals surface area contributed by atoms with Crippen LogP contribution in [0.3, 0.4) is 0 Å². The minimum atomic E-state index is -0.413. The number of fused-ring (bicyclic) bond motifs is 1. The molecule has 0 atom stereocenters. The molecule has 0 N–H and O–H groups in total. The Balaban J connectivity index is 1.52. The summed E-state index contributed by atoms with van der Waals surface area (Å²) in [7, 11) is 0. The standard InChI is InChI=1S/C24H16F2N4O2S/c1-14-6-11-17(12-19(14)26)30-23(31)18-4-2-3-5-20(18)27-24(30)33-13-21-28-22(29-32-21)15-7-9-16(25)10-8-15/h2-12H,13H2,1H3. The van der Waals surface area contributed by atoms with Crippen molar-refractivity contribution in [2.75, 3.05) is 0 Å². The molecule has 0 aliphatic rings. The van der Waals surface area contributed by atoms with Gasteiger partial charge in [-0.15, -0.1) is 0 Å². The zero-order valence-corrected chi connectivity index (χ0v) is 18.1. The van der Waals surface area contributed by atoms with Crippen LogP contribution in [0.5, 0.6) is 0 Å². The van der Waals surface area contributed by atoms with Crippen LogP contribution in [0.15, 0.2) is 81.2 Å². The van der Waals surface area contributed by atoms with E-state index in [9.17, 15) is 13.6 Å². The van der Waals surface area contributed by atoms with Gasteiger partial charge in [-0.1, -0.05) is 35.1 Å². The van der Waals surface area contributed by atoms with E-state index in [0.29, 0.717) is 44.6 Å². The molecule has 0 unspecified atom stereocenters. The molecule has 0 aliphatic carbocycles. The van der Waals surface area contributed by atoms with Gasteiger partial charge >= 0.3 is 0 Å². The van der Waals surface area contributed by atoms with Gasteiger partial charge in [0, 0.05) is 5.56 Å². The molecule has 0 saturated carbocycles. The topological polar surface area (TPSA) is 73.8 Å². The third-order valence-corrected chi connectivity index (χ3v) is 5.98. The van der Waals surface area contributed by atoms with E-state index in [1.54, 1.807) is 55.5 Å². The monoisotopic (exact) mass is 462 g/mol. The second kappa shape index (κ2) is 8.59. The molecule has 5 aromatic rings. The van der Waals surface area contributed by atoms with Gasteiger partial charge < -0.3 is 4.52 Å². The third kappa shape index (κ3) is 4.14. The summed E-state index contributed by atoms with van der Waals surface area (Å²) in [6.45, 7) is 1.66. The molecule has 9 heteroatoms. The van der Waals surface area contributed by atoms with Crippen molar-refractivity contribution in [3.8, 4) is 17.1 Å². The summed E-state index contributed by atoms with van der Waals surface area (Å²) in [6.07, 6.45) is 0. The van der Waals surface area contributed by atoms with Crippen molar-refractivity contribution in [3.05, 3.63) is 100 Å². The average molecular weight is 462 g/mol. The Hall–Kier alpha value is -3.85. The Bertz CT molecular complexity index is 1530. The molecule has 33 heavy (non-hydrogen) atoms. The van der Waals surface area contributed by atoms with Gasteiger partial charge in [0.15, 0.2) is 5.16 Å². The lowest BCUT2D eigenvalue weighted by Crippen LogP contribution is -2.22. The van der Waals surface area contributed by atoms with Gasteiger partial charge in [0.1, 0.15) is 11.6 Å². The van der Waals surface area contributed by atoms with Gasteiger partial charge in [-0.05, 0) is 61.0 Å². The van der Waals surface area contributed by atoms with Crippen molar-refractivity contribution in [3.63, 3.8) is 0 Å². The minimum Gasteiger partial charge on any atom is -0.338 e. The maximum atomic E-state index is 14.3. The predicted molar refractivity (Wildman–Crippen MR) is 121 cm³/mol. The first-order valence-corrected chi connectivity index (χ1v) is 11.0. The molecule has 0 amide bonds. The highest BCUT2D eigenvalue weighted by Gasteiger charge is 2.16. The molecule has 6 nitrogen and oxygen atoms in total. The number of hydrogen-bond donors (Lipinski definition) is 0. The van der Waals surface area contributed by atoms with E-state index in [1.807, 2.05) is 0 Å².